The Morgan fingerprint density at radius 1 is 1.00 bits per heavy atom. The lowest BCUT2D eigenvalue weighted by molar-refractivity contribution is -0.147. The number of carboxylic acid groups (broad SMARTS) is 2. The van der Waals surface area contributed by atoms with Crippen LogP contribution in [0.5, 0.6) is 0 Å². The molecule has 0 fully saturated rings. The molecule has 0 saturated carbocycles. The molecule has 0 bridgehead atoms. The van der Waals surface area contributed by atoms with Crippen LogP contribution in [-0.4, -0.2) is 70.0 Å². The lowest BCUT2D eigenvalue weighted by Gasteiger charge is -2.22. The van der Waals surface area contributed by atoms with E-state index in [1.54, 1.807) is 6.26 Å². The lowest BCUT2D eigenvalue weighted by atomic mass is 10.1. The molecular weight excluding hydrogens is 368 g/mol. The Morgan fingerprint density at radius 3 is 2.04 bits per heavy atom. The van der Waals surface area contributed by atoms with Gasteiger partial charge in [-0.25, -0.2) is 4.79 Å². The molecule has 0 spiro atoms. The first-order valence-corrected chi connectivity index (χ1v) is 9.06. The van der Waals surface area contributed by atoms with Gasteiger partial charge in [0.25, 0.3) is 0 Å². The van der Waals surface area contributed by atoms with E-state index in [-0.39, 0.29) is 19.3 Å². The zero-order valence-corrected chi connectivity index (χ0v) is 15.1. The maximum Gasteiger partial charge on any atom is 0.326 e. The number of carbonyl (C=O) groups excluding carboxylic acids is 3. The van der Waals surface area contributed by atoms with Crippen LogP contribution in [0.3, 0.4) is 0 Å². The van der Waals surface area contributed by atoms with Gasteiger partial charge >= 0.3 is 11.9 Å². The fourth-order valence-electron chi connectivity index (χ4n) is 1.86. The first-order valence-electron chi connectivity index (χ1n) is 7.66. The van der Waals surface area contributed by atoms with Crippen molar-refractivity contribution < 1.29 is 34.2 Å². The van der Waals surface area contributed by atoms with Crippen molar-refractivity contribution in [2.45, 2.75) is 43.8 Å². The summed E-state index contributed by atoms with van der Waals surface area (Å²) in [5, 5.41) is 22.2. The molecule has 0 aliphatic rings. The fraction of sp³-hybridized carbons (Fsp3) is 0.643. The largest absolute Gasteiger partial charge is 0.481 e. The van der Waals surface area contributed by atoms with Gasteiger partial charge in [-0.2, -0.15) is 11.8 Å². The summed E-state index contributed by atoms with van der Waals surface area (Å²) >= 11 is 1.40. The van der Waals surface area contributed by atoms with Gasteiger partial charge in [-0.3, -0.25) is 19.2 Å². The lowest BCUT2D eigenvalue weighted by Crippen LogP contribution is -2.55. The number of primary amides is 1. The molecular formula is C14H24N4O7S. The third-order valence-corrected chi connectivity index (χ3v) is 3.92. The summed E-state index contributed by atoms with van der Waals surface area (Å²) in [4.78, 5) is 56.8. The smallest absolute Gasteiger partial charge is 0.326 e. The molecule has 0 aromatic rings. The Kier molecular flexibility index (Phi) is 11.0. The van der Waals surface area contributed by atoms with Gasteiger partial charge in [-0.05, 0) is 24.9 Å². The van der Waals surface area contributed by atoms with Crippen LogP contribution < -0.4 is 22.1 Å². The van der Waals surface area contributed by atoms with Gasteiger partial charge in [0.15, 0.2) is 0 Å². The maximum atomic E-state index is 12.3. The van der Waals surface area contributed by atoms with Gasteiger partial charge in [0.1, 0.15) is 12.1 Å². The summed E-state index contributed by atoms with van der Waals surface area (Å²) < 4.78 is 0. The van der Waals surface area contributed by atoms with Crippen LogP contribution in [0.15, 0.2) is 0 Å². The van der Waals surface area contributed by atoms with Crippen molar-refractivity contribution in [2.75, 3.05) is 12.0 Å². The molecule has 11 nitrogen and oxygen atoms in total. The SMILES string of the molecule is CSCCC(NC(=O)C(N)CCC(N)=O)C(=O)NC(CC(=O)O)C(=O)O. The van der Waals surface area contributed by atoms with Crippen molar-refractivity contribution in [2.24, 2.45) is 11.5 Å². The van der Waals surface area contributed by atoms with Crippen LogP contribution in [-0.2, 0) is 24.0 Å². The Labute approximate surface area is 154 Å². The molecule has 3 amide bonds. The van der Waals surface area contributed by atoms with Crippen LogP contribution in [0.2, 0.25) is 0 Å². The van der Waals surface area contributed by atoms with Crippen molar-refractivity contribution >= 4 is 41.4 Å². The number of nitrogens with one attached hydrogen (secondary N) is 2. The molecule has 148 valence electrons. The standard InChI is InChI=1S/C14H24N4O7S/c1-26-5-4-8(17-12(22)7(15)2-3-10(16)19)13(23)18-9(14(24)25)6-11(20)21/h7-9H,2-6,15H2,1H3,(H2,16,19)(H,17,22)(H,18,23)(H,20,21)(H,24,25). The summed E-state index contributed by atoms with van der Waals surface area (Å²) in [6.45, 7) is 0. The third kappa shape index (κ3) is 9.84. The van der Waals surface area contributed by atoms with Crippen molar-refractivity contribution in [3.8, 4) is 0 Å². The first kappa shape index (κ1) is 23.7. The summed E-state index contributed by atoms with van der Waals surface area (Å²) in [7, 11) is 0. The zero-order chi connectivity index (χ0) is 20.3. The first-order chi connectivity index (χ1) is 12.1. The average molecular weight is 392 g/mol. The predicted molar refractivity (Wildman–Crippen MR) is 93.2 cm³/mol. The molecule has 0 aliphatic carbocycles. The van der Waals surface area contributed by atoms with Gasteiger partial charge in [0.05, 0.1) is 12.5 Å². The number of nitrogens with two attached hydrogens (primary N) is 2. The molecule has 0 saturated heterocycles. The van der Waals surface area contributed by atoms with Crippen LogP contribution in [0.25, 0.3) is 0 Å². The van der Waals surface area contributed by atoms with E-state index in [2.05, 4.69) is 10.6 Å². The zero-order valence-electron chi connectivity index (χ0n) is 14.3. The molecule has 0 rings (SSSR count). The monoisotopic (exact) mass is 392 g/mol. The molecule has 3 atom stereocenters. The Balaban J connectivity index is 4.96. The van der Waals surface area contributed by atoms with E-state index in [1.165, 1.54) is 11.8 Å². The van der Waals surface area contributed by atoms with Crippen LogP contribution in [0, 0.1) is 0 Å². The molecule has 26 heavy (non-hydrogen) atoms. The molecule has 0 radical (unpaired) electrons. The number of aliphatic carboxylic acids is 2. The van der Waals surface area contributed by atoms with E-state index in [0.717, 1.165) is 0 Å². The normalized spacial score (nSPS) is 13.9. The van der Waals surface area contributed by atoms with Crippen LogP contribution in [0.4, 0.5) is 0 Å². The van der Waals surface area contributed by atoms with Gasteiger partial charge in [0.2, 0.25) is 17.7 Å². The number of carboxylic acids is 2. The second kappa shape index (κ2) is 12.1. The Hall–Kier alpha value is -2.34. The summed E-state index contributed by atoms with van der Waals surface area (Å²) in [6, 6.07) is -3.79. The van der Waals surface area contributed by atoms with E-state index in [4.69, 9.17) is 21.7 Å². The summed E-state index contributed by atoms with van der Waals surface area (Å²) in [6.07, 6.45) is 1.05. The van der Waals surface area contributed by atoms with Gasteiger partial charge in [0, 0.05) is 6.42 Å². The van der Waals surface area contributed by atoms with Gasteiger partial charge < -0.3 is 32.3 Å². The molecule has 8 N–H and O–H groups in total. The maximum absolute atomic E-state index is 12.3. The molecule has 12 heteroatoms. The minimum absolute atomic E-state index is 0.00516. The highest BCUT2D eigenvalue weighted by Crippen LogP contribution is 2.04. The van der Waals surface area contributed by atoms with Crippen molar-refractivity contribution in [1.29, 1.82) is 0 Å². The number of hydrogen-bond donors (Lipinski definition) is 6. The Morgan fingerprint density at radius 2 is 1.58 bits per heavy atom. The topological polar surface area (TPSA) is 202 Å². The number of thioether (sulfide) groups is 1. The van der Waals surface area contributed by atoms with E-state index in [1.807, 2.05) is 0 Å². The quantitative estimate of drug-likeness (QED) is 0.202. The van der Waals surface area contributed by atoms with Crippen molar-refractivity contribution in [1.82, 2.24) is 10.6 Å². The fourth-order valence-corrected chi connectivity index (χ4v) is 2.33. The number of hydrogen-bond acceptors (Lipinski definition) is 7. The molecule has 0 aliphatic heterocycles. The number of rotatable bonds is 13. The van der Waals surface area contributed by atoms with E-state index >= 15 is 0 Å². The summed E-state index contributed by atoms with van der Waals surface area (Å²) in [5.41, 5.74) is 10.6. The van der Waals surface area contributed by atoms with E-state index < -0.39 is 54.2 Å². The van der Waals surface area contributed by atoms with Crippen molar-refractivity contribution in [3.05, 3.63) is 0 Å². The highest BCUT2D eigenvalue weighted by molar-refractivity contribution is 7.98. The molecule has 3 unspecified atom stereocenters. The van der Waals surface area contributed by atoms with Crippen LogP contribution >= 0.6 is 11.8 Å². The molecule has 0 aromatic carbocycles. The van der Waals surface area contributed by atoms with Gasteiger partial charge in [-0.15, -0.1) is 0 Å². The highest BCUT2D eigenvalue weighted by Gasteiger charge is 2.29. The van der Waals surface area contributed by atoms with E-state index in [0.29, 0.717) is 5.75 Å². The Bertz CT molecular complexity index is 543. The average Bonchev–Trinajstić information content (AvgIpc) is 2.54. The minimum atomic E-state index is -1.63. The number of carbonyl (C=O) groups is 5. The summed E-state index contributed by atoms with van der Waals surface area (Å²) in [5.74, 6) is -4.57. The minimum Gasteiger partial charge on any atom is -0.481 e. The predicted octanol–water partition coefficient (Wildman–Crippen LogP) is -2.14. The van der Waals surface area contributed by atoms with Gasteiger partial charge in [-0.1, -0.05) is 0 Å². The number of amides is 3. The third-order valence-electron chi connectivity index (χ3n) is 3.28. The highest BCUT2D eigenvalue weighted by atomic mass is 32.2. The second-order valence-electron chi connectivity index (χ2n) is 5.45. The van der Waals surface area contributed by atoms with Crippen molar-refractivity contribution in [3.63, 3.8) is 0 Å². The molecule has 0 aromatic heterocycles. The van der Waals surface area contributed by atoms with E-state index in [9.17, 15) is 24.0 Å². The molecule has 0 heterocycles. The second-order valence-corrected chi connectivity index (χ2v) is 6.44. The van der Waals surface area contributed by atoms with Crippen LogP contribution in [0.1, 0.15) is 25.7 Å².